The zero-order chi connectivity index (χ0) is 12.5. The van der Waals surface area contributed by atoms with E-state index in [2.05, 4.69) is 26.6 Å². The number of hydrogen-bond donors (Lipinski definition) is 0. The van der Waals surface area contributed by atoms with Crippen molar-refractivity contribution in [3.8, 4) is 0 Å². The molecule has 0 bridgehead atoms. The predicted molar refractivity (Wildman–Crippen MR) is 75.1 cm³/mol. The lowest BCUT2D eigenvalue weighted by Crippen LogP contribution is -2.00. The molecule has 1 nitrogen and oxygen atoms in total. The van der Waals surface area contributed by atoms with Crippen LogP contribution in [0.3, 0.4) is 0 Å². The molecule has 3 heteroatoms. The number of hydrogen-bond acceptors (Lipinski definition) is 0. The van der Waals surface area contributed by atoms with Crippen molar-refractivity contribution >= 4 is 26.8 Å². The first-order chi connectivity index (χ1) is 8.74. The van der Waals surface area contributed by atoms with Gasteiger partial charge in [0.25, 0.3) is 0 Å². The van der Waals surface area contributed by atoms with Gasteiger partial charge in [-0.2, -0.15) is 0 Å². The second-order valence-corrected chi connectivity index (χ2v) is 5.15. The van der Waals surface area contributed by atoms with Crippen molar-refractivity contribution < 1.29 is 4.39 Å². The Morgan fingerprint density at radius 3 is 2.72 bits per heavy atom. The highest BCUT2D eigenvalue weighted by molar-refractivity contribution is 9.10. The molecule has 0 aliphatic heterocycles. The van der Waals surface area contributed by atoms with E-state index in [9.17, 15) is 4.39 Å². The SMILES string of the molecule is Fc1ccccc1Cn1ccc2cc(Br)ccc21. The molecule has 1 heterocycles. The summed E-state index contributed by atoms with van der Waals surface area (Å²) in [5, 5.41) is 1.15. The van der Waals surface area contributed by atoms with E-state index in [1.54, 1.807) is 6.07 Å². The summed E-state index contributed by atoms with van der Waals surface area (Å²) < 4.78 is 16.7. The van der Waals surface area contributed by atoms with E-state index in [-0.39, 0.29) is 5.82 Å². The van der Waals surface area contributed by atoms with Crippen LogP contribution in [0, 0.1) is 5.82 Å². The summed E-state index contributed by atoms with van der Waals surface area (Å²) in [6.45, 7) is 0.553. The molecule has 0 saturated carbocycles. The molecule has 0 aliphatic carbocycles. The number of aromatic nitrogens is 1. The minimum Gasteiger partial charge on any atom is -0.343 e. The lowest BCUT2D eigenvalue weighted by atomic mass is 10.2. The third kappa shape index (κ3) is 2.06. The Bertz CT molecular complexity index is 703. The summed E-state index contributed by atoms with van der Waals surface area (Å²) in [6, 6.07) is 15.0. The fraction of sp³-hybridized carbons (Fsp3) is 0.0667. The minimum atomic E-state index is -0.156. The van der Waals surface area contributed by atoms with Gasteiger partial charge in [0, 0.05) is 27.1 Å². The maximum absolute atomic E-state index is 13.6. The molecule has 0 amide bonds. The standard InChI is InChI=1S/C15H11BrFN/c16-13-5-6-15-11(9-13)7-8-18(15)10-12-3-1-2-4-14(12)17/h1-9H,10H2. The summed E-state index contributed by atoms with van der Waals surface area (Å²) >= 11 is 3.45. The number of benzene rings is 2. The van der Waals surface area contributed by atoms with E-state index in [0.29, 0.717) is 12.1 Å². The van der Waals surface area contributed by atoms with Crippen LogP contribution in [0.5, 0.6) is 0 Å². The highest BCUT2D eigenvalue weighted by atomic mass is 79.9. The van der Waals surface area contributed by atoms with Gasteiger partial charge in [0.15, 0.2) is 0 Å². The van der Waals surface area contributed by atoms with Gasteiger partial charge in [-0.15, -0.1) is 0 Å². The molecule has 3 aromatic rings. The third-order valence-electron chi connectivity index (χ3n) is 3.03. The Morgan fingerprint density at radius 1 is 1.06 bits per heavy atom. The molecule has 1 aromatic heterocycles. The summed E-state index contributed by atoms with van der Waals surface area (Å²) in [6.07, 6.45) is 1.99. The third-order valence-corrected chi connectivity index (χ3v) is 3.52. The lowest BCUT2D eigenvalue weighted by molar-refractivity contribution is 0.602. The van der Waals surface area contributed by atoms with Crippen LogP contribution in [0.25, 0.3) is 10.9 Å². The number of rotatable bonds is 2. The second kappa shape index (κ2) is 4.58. The van der Waals surface area contributed by atoms with Crippen molar-refractivity contribution in [3.63, 3.8) is 0 Å². The Kier molecular flexibility index (Phi) is 2.92. The van der Waals surface area contributed by atoms with Crippen LogP contribution in [-0.4, -0.2) is 4.57 Å². The van der Waals surface area contributed by atoms with Gasteiger partial charge in [-0.25, -0.2) is 4.39 Å². The monoisotopic (exact) mass is 303 g/mol. The van der Waals surface area contributed by atoms with Crippen molar-refractivity contribution in [1.29, 1.82) is 0 Å². The summed E-state index contributed by atoms with van der Waals surface area (Å²) in [4.78, 5) is 0. The maximum Gasteiger partial charge on any atom is 0.128 e. The first kappa shape index (κ1) is 11.5. The number of fused-ring (bicyclic) bond motifs is 1. The average molecular weight is 304 g/mol. The van der Waals surface area contributed by atoms with Crippen LogP contribution in [0.15, 0.2) is 59.2 Å². The van der Waals surface area contributed by atoms with Crippen LogP contribution in [0.4, 0.5) is 4.39 Å². The van der Waals surface area contributed by atoms with Crippen molar-refractivity contribution in [2.24, 2.45) is 0 Å². The summed E-state index contributed by atoms with van der Waals surface area (Å²) in [5.74, 6) is -0.156. The van der Waals surface area contributed by atoms with Crippen LogP contribution in [-0.2, 0) is 6.54 Å². The molecule has 0 atom stereocenters. The molecule has 0 fully saturated rings. The number of nitrogens with zero attached hydrogens (tertiary/aromatic N) is 1. The molecule has 0 radical (unpaired) electrons. The first-order valence-corrected chi connectivity index (χ1v) is 6.51. The van der Waals surface area contributed by atoms with Crippen molar-refractivity contribution in [1.82, 2.24) is 4.57 Å². The molecule has 90 valence electrons. The zero-order valence-electron chi connectivity index (χ0n) is 9.61. The maximum atomic E-state index is 13.6. The van der Waals surface area contributed by atoms with E-state index >= 15 is 0 Å². The van der Waals surface area contributed by atoms with Gasteiger partial charge < -0.3 is 4.57 Å². The summed E-state index contributed by atoms with van der Waals surface area (Å²) in [5.41, 5.74) is 1.82. The van der Waals surface area contributed by atoms with E-state index in [1.807, 2.05) is 36.5 Å². The predicted octanol–water partition coefficient (Wildman–Crippen LogP) is 4.59. The fourth-order valence-corrected chi connectivity index (χ4v) is 2.50. The Labute approximate surface area is 113 Å². The van der Waals surface area contributed by atoms with Gasteiger partial charge in [-0.1, -0.05) is 34.1 Å². The van der Waals surface area contributed by atoms with E-state index in [0.717, 1.165) is 15.4 Å². The minimum absolute atomic E-state index is 0.156. The van der Waals surface area contributed by atoms with Gasteiger partial charge in [0.2, 0.25) is 0 Å². The van der Waals surface area contributed by atoms with Gasteiger partial charge in [-0.3, -0.25) is 0 Å². The zero-order valence-corrected chi connectivity index (χ0v) is 11.2. The number of halogens is 2. The van der Waals surface area contributed by atoms with Gasteiger partial charge in [-0.05, 0) is 30.3 Å². The molecule has 18 heavy (non-hydrogen) atoms. The van der Waals surface area contributed by atoms with E-state index < -0.39 is 0 Å². The van der Waals surface area contributed by atoms with Crippen molar-refractivity contribution in [3.05, 3.63) is 70.6 Å². The van der Waals surface area contributed by atoms with E-state index in [4.69, 9.17) is 0 Å². The second-order valence-electron chi connectivity index (χ2n) is 4.24. The van der Waals surface area contributed by atoms with Gasteiger partial charge in [0.1, 0.15) is 5.82 Å². The molecule has 0 saturated heterocycles. The molecular weight excluding hydrogens is 293 g/mol. The quantitative estimate of drug-likeness (QED) is 0.652. The Morgan fingerprint density at radius 2 is 1.89 bits per heavy atom. The molecule has 2 aromatic carbocycles. The Balaban J connectivity index is 2.03. The molecule has 0 unspecified atom stereocenters. The van der Waals surface area contributed by atoms with Crippen LogP contribution >= 0.6 is 15.9 Å². The van der Waals surface area contributed by atoms with Crippen LogP contribution < -0.4 is 0 Å². The average Bonchev–Trinajstić information content (AvgIpc) is 2.74. The highest BCUT2D eigenvalue weighted by Gasteiger charge is 2.05. The largest absolute Gasteiger partial charge is 0.343 e. The van der Waals surface area contributed by atoms with Gasteiger partial charge in [0.05, 0.1) is 6.54 Å². The van der Waals surface area contributed by atoms with Crippen LogP contribution in [0.1, 0.15) is 5.56 Å². The molecular formula is C15H11BrFN. The highest BCUT2D eigenvalue weighted by Crippen LogP contribution is 2.22. The molecule has 3 rings (SSSR count). The summed E-state index contributed by atoms with van der Waals surface area (Å²) in [7, 11) is 0. The van der Waals surface area contributed by atoms with Crippen LogP contribution in [0.2, 0.25) is 0 Å². The lowest BCUT2D eigenvalue weighted by Gasteiger charge is -2.06. The van der Waals surface area contributed by atoms with Crippen molar-refractivity contribution in [2.45, 2.75) is 6.54 Å². The fourth-order valence-electron chi connectivity index (χ4n) is 2.12. The van der Waals surface area contributed by atoms with Crippen molar-refractivity contribution in [2.75, 3.05) is 0 Å². The van der Waals surface area contributed by atoms with E-state index in [1.165, 1.54) is 6.07 Å². The molecule has 0 N–H and O–H groups in total. The van der Waals surface area contributed by atoms with Gasteiger partial charge >= 0.3 is 0 Å². The molecule has 0 spiro atoms. The Hall–Kier alpha value is -1.61. The normalized spacial score (nSPS) is 11.0. The molecule has 0 aliphatic rings. The topological polar surface area (TPSA) is 4.93 Å². The smallest absolute Gasteiger partial charge is 0.128 e. The first-order valence-electron chi connectivity index (χ1n) is 5.72.